The van der Waals surface area contributed by atoms with Crippen molar-refractivity contribution in [2.24, 2.45) is 10.6 Å². The molecule has 1 unspecified atom stereocenters. The summed E-state index contributed by atoms with van der Waals surface area (Å²) in [5.74, 6) is -2.51. The van der Waals surface area contributed by atoms with Crippen molar-refractivity contribution in [2.45, 2.75) is 13.0 Å². The van der Waals surface area contributed by atoms with Gasteiger partial charge in [-0.25, -0.2) is 14.2 Å². The number of benzene rings is 1. The zero-order valence-corrected chi connectivity index (χ0v) is 15.0. The van der Waals surface area contributed by atoms with Gasteiger partial charge in [-0.2, -0.15) is 0 Å². The van der Waals surface area contributed by atoms with Gasteiger partial charge in [-0.3, -0.25) is 9.80 Å². The topological polar surface area (TPSA) is 134 Å². The van der Waals surface area contributed by atoms with Crippen LogP contribution in [-0.2, 0) is 0 Å². The van der Waals surface area contributed by atoms with Crippen LogP contribution in [0.3, 0.4) is 0 Å². The van der Waals surface area contributed by atoms with Gasteiger partial charge in [-0.05, 0) is 13.0 Å². The normalized spacial score (nSPS) is 15.0. The molecule has 28 heavy (non-hydrogen) atoms. The quantitative estimate of drug-likeness (QED) is 0.557. The summed E-state index contributed by atoms with van der Waals surface area (Å²) in [4.78, 5) is 45.7. The largest absolute Gasteiger partial charge is 0.487 e. The molecule has 1 aliphatic heterocycles. The second kappa shape index (κ2) is 7.21. The van der Waals surface area contributed by atoms with E-state index in [-0.39, 0.29) is 48.1 Å². The lowest BCUT2D eigenvalue weighted by molar-refractivity contribution is 0.0694. The van der Waals surface area contributed by atoms with Crippen LogP contribution in [0.15, 0.2) is 27.6 Å². The number of halogens is 1. The number of nitroso groups, excluding NO2 is 2. The van der Waals surface area contributed by atoms with Crippen molar-refractivity contribution in [1.29, 1.82) is 0 Å². The maximum atomic E-state index is 14.9. The van der Waals surface area contributed by atoms with Gasteiger partial charge in [-0.15, -0.1) is 9.81 Å². The molecule has 2 heterocycles. The molecule has 1 aromatic carbocycles. The van der Waals surface area contributed by atoms with E-state index < -0.39 is 22.8 Å². The molecule has 0 spiro atoms. The summed E-state index contributed by atoms with van der Waals surface area (Å²) in [6.07, 6.45) is 1.17. The predicted octanol–water partition coefficient (Wildman–Crippen LogP) is 1.89. The van der Waals surface area contributed by atoms with Crippen LogP contribution in [-0.4, -0.2) is 47.4 Å². The van der Waals surface area contributed by atoms with E-state index in [1.54, 1.807) is 6.92 Å². The highest BCUT2D eigenvalue weighted by molar-refractivity contribution is 5.97. The summed E-state index contributed by atoms with van der Waals surface area (Å²) in [6, 6.07) is 0.524. The van der Waals surface area contributed by atoms with Gasteiger partial charge in [0.15, 0.2) is 11.6 Å². The van der Waals surface area contributed by atoms with E-state index in [2.05, 4.69) is 10.6 Å². The molecule has 0 saturated heterocycles. The van der Waals surface area contributed by atoms with E-state index in [1.807, 2.05) is 0 Å². The minimum atomic E-state index is -1.43. The highest BCUT2D eigenvalue weighted by atomic mass is 19.1. The molecular weight excluding hydrogens is 377 g/mol. The Morgan fingerprint density at radius 2 is 2.11 bits per heavy atom. The Morgan fingerprint density at radius 3 is 2.71 bits per heavy atom. The summed E-state index contributed by atoms with van der Waals surface area (Å²) in [7, 11) is 1.38. The summed E-state index contributed by atoms with van der Waals surface area (Å²) >= 11 is 0. The van der Waals surface area contributed by atoms with Gasteiger partial charge in [0, 0.05) is 13.2 Å². The van der Waals surface area contributed by atoms with Gasteiger partial charge in [0.25, 0.3) is 0 Å². The van der Waals surface area contributed by atoms with Crippen LogP contribution in [0.5, 0.6) is 5.75 Å². The number of carboxylic acid groups (broad SMARTS) is 1. The molecule has 0 aliphatic carbocycles. The van der Waals surface area contributed by atoms with E-state index in [9.17, 15) is 28.9 Å². The smallest absolute Gasteiger partial charge is 0.341 e. The molecule has 0 fully saturated rings. The number of nitrogens with zero attached hydrogens (tertiary/aromatic N) is 5. The van der Waals surface area contributed by atoms with Crippen molar-refractivity contribution in [1.82, 2.24) is 9.58 Å². The minimum absolute atomic E-state index is 0.0205. The minimum Gasteiger partial charge on any atom is -0.487 e. The van der Waals surface area contributed by atoms with E-state index >= 15 is 0 Å². The standard InChI is InChI=1S/C16H16FN5O6/c1-8-7-28-15-12-9(14(23)10(16(24)25)6-21(8)12)5-11(17)13(15)22(19-27)4-3-20(2)18-26/h5-6,8H,3-4,7H2,1-2H3,(H,24,25). The Hall–Kier alpha value is -3.57. The number of aromatic carboxylic acids is 1. The Bertz CT molecular complexity index is 1040. The van der Waals surface area contributed by atoms with Crippen molar-refractivity contribution in [2.75, 3.05) is 31.8 Å². The first-order valence-corrected chi connectivity index (χ1v) is 8.22. The van der Waals surface area contributed by atoms with Gasteiger partial charge >= 0.3 is 5.97 Å². The predicted molar refractivity (Wildman–Crippen MR) is 96.9 cm³/mol. The summed E-state index contributed by atoms with van der Waals surface area (Å²) in [6.45, 7) is 1.61. The van der Waals surface area contributed by atoms with Crippen molar-refractivity contribution in [3.8, 4) is 5.75 Å². The molecule has 1 N–H and O–H groups in total. The van der Waals surface area contributed by atoms with Crippen molar-refractivity contribution in [3.05, 3.63) is 43.7 Å². The summed E-state index contributed by atoms with van der Waals surface area (Å²) in [5, 5.41) is 16.3. The van der Waals surface area contributed by atoms with Gasteiger partial charge in [0.2, 0.25) is 5.43 Å². The average molecular weight is 393 g/mol. The molecule has 148 valence electrons. The lowest BCUT2D eigenvalue weighted by Crippen LogP contribution is -2.31. The third-order valence-corrected chi connectivity index (χ3v) is 4.50. The number of aromatic nitrogens is 1. The molecule has 2 aromatic rings. The third-order valence-electron chi connectivity index (χ3n) is 4.50. The molecule has 11 nitrogen and oxygen atoms in total. The first-order valence-electron chi connectivity index (χ1n) is 8.22. The van der Waals surface area contributed by atoms with Crippen LogP contribution >= 0.6 is 0 Å². The van der Waals surface area contributed by atoms with E-state index in [0.29, 0.717) is 0 Å². The first-order chi connectivity index (χ1) is 13.3. The van der Waals surface area contributed by atoms with E-state index in [4.69, 9.17) is 4.74 Å². The molecular formula is C16H16FN5O6. The highest BCUT2D eigenvalue weighted by Crippen LogP contribution is 2.41. The van der Waals surface area contributed by atoms with Crippen molar-refractivity contribution in [3.63, 3.8) is 0 Å². The van der Waals surface area contributed by atoms with E-state index in [1.165, 1.54) is 17.8 Å². The Kier molecular flexibility index (Phi) is 4.94. The zero-order chi connectivity index (χ0) is 20.6. The van der Waals surface area contributed by atoms with Crippen LogP contribution in [0.25, 0.3) is 10.9 Å². The molecule has 0 radical (unpaired) electrons. The van der Waals surface area contributed by atoms with E-state index in [0.717, 1.165) is 16.1 Å². The lowest BCUT2D eigenvalue weighted by Gasteiger charge is -2.30. The number of rotatable bonds is 7. The highest BCUT2D eigenvalue weighted by Gasteiger charge is 2.30. The maximum Gasteiger partial charge on any atom is 0.341 e. The first kappa shape index (κ1) is 19.2. The number of carboxylic acids is 1. The fourth-order valence-corrected chi connectivity index (χ4v) is 3.08. The van der Waals surface area contributed by atoms with Gasteiger partial charge in [0.1, 0.15) is 17.9 Å². The number of ether oxygens (including phenoxy) is 1. The van der Waals surface area contributed by atoms with Crippen LogP contribution < -0.4 is 15.2 Å². The Balaban J connectivity index is 2.27. The number of hydrogen-bond donors (Lipinski definition) is 1. The van der Waals surface area contributed by atoms with Gasteiger partial charge in [-0.1, -0.05) is 0 Å². The van der Waals surface area contributed by atoms with Crippen molar-refractivity contribution >= 4 is 22.6 Å². The number of hydrogen-bond acceptors (Lipinski definition) is 7. The maximum absolute atomic E-state index is 14.9. The number of likely N-dealkylation sites (N-methyl/N-ethyl adjacent to an activating group) is 1. The molecule has 1 aliphatic rings. The monoisotopic (exact) mass is 393 g/mol. The Morgan fingerprint density at radius 1 is 1.39 bits per heavy atom. The van der Waals surface area contributed by atoms with Crippen LogP contribution in [0.4, 0.5) is 10.1 Å². The van der Waals surface area contributed by atoms with Gasteiger partial charge < -0.3 is 14.4 Å². The molecule has 0 bridgehead atoms. The second-order valence-electron chi connectivity index (χ2n) is 6.34. The third kappa shape index (κ3) is 3.02. The fraction of sp³-hybridized carbons (Fsp3) is 0.375. The lowest BCUT2D eigenvalue weighted by atomic mass is 10.1. The molecule has 3 rings (SSSR count). The second-order valence-corrected chi connectivity index (χ2v) is 6.34. The molecule has 0 amide bonds. The molecule has 1 aromatic heterocycles. The Labute approximate surface area is 156 Å². The van der Waals surface area contributed by atoms with Gasteiger partial charge in [0.05, 0.1) is 40.6 Å². The average Bonchev–Trinajstić information content (AvgIpc) is 2.67. The van der Waals surface area contributed by atoms with Crippen LogP contribution in [0.2, 0.25) is 0 Å². The molecule has 12 heteroatoms. The number of pyridine rings is 1. The number of anilines is 1. The summed E-state index contributed by atoms with van der Waals surface area (Å²) < 4.78 is 22.0. The van der Waals surface area contributed by atoms with Crippen molar-refractivity contribution < 1.29 is 19.0 Å². The zero-order valence-electron chi connectivity index (χ0n) is 15.0. The SMILES string of the molecule is CC1COc2c(N(CCN(C)N=O)N=O)c(F)cc3c(=O)c(C(=O)O)cn1c23. The van der Waals surface area contributed by atoms with Crippen LogP contribution in [0, 0.1) is 15.6 Å². The summed E-state index contributed by atoms with van der Waals surface area (Å²) in [5.41, 5.74) is -1.49. The molecule has 0 saturated carbocycles. The molecule has 1 atom stereocenters. The number of carbonyl (C=O) groups is 1. The fourth-order valence-electron chi connectivity index (χ4n) is 3.08. The van der Waals surface area contributed by atoms with Crippen LogP contribution in [0.1, 0.15) is 23.3 Å².